The van der Waals surface area contributed by atoms with Crippen molar-refractivity contribution in [2.45, 2.75) is 45.1 Å². The van der Waals surface area contributed by atoms with E-state index in [-0.39, 0.29) is 30.8 Å². The number of rotatable bonds is 3. The zero-order chi connectivity index (χ0) is 13.5. The van der Waals surface area contributed by atoms with Crippen LogP contribution in [-0.4, -0.2) is 33.9 Å². The van der Waals surface area contributed by atoms with E-state index in [2.05, 4.69) is 0 Å². The van der Waals surface area contributed by atoms with Crippen LogP contribution in [0.2, 0.25) is 0 Å². The molecular formula is C13H18O5. The number of Topliss-reactive ketones (excluding diaryl/α,β-unsaturated/α-hetero) is 2. The van der Waals surface area contributed by atoms with Gasteiger partial charge in [-0.25, -0.2) is 0 Å². The van der Waals surface area contributed by atoms with Gasteiger partial charge in [0.1, 0.15) is 11.6 Å². The molecule has 2 fully saturated rings. The number of aliphatic hydroxyl groups excluding tert-OH is 1. The molecule has 2 N–H and O–H groups in total. The lowest BCUT2D eigenvalue weighted by Gasteiger charge is -2.41. The molecule has 2 saturated carbocycles. The van der Waals surface area contributed by atoms with Crippen LogP contribution in [0.1, 0.15) is 39.0 Å². The minimum atomic E-state index is -1.16. The average molecular weight is 254 g/mol. The highest BCUT2D eigenvalue weighted by atomic mass is 16.4. The molecule has 0 amide bonds. The fraction of sp³-hybridized carbons (Fsp3) is 0.769. The van der Waals surface area contributed by atoms with Crippen LogP contribution >= 0.6 is 0 Å². The van der Waals surface area contributed by atoms with E-state index < -0.39 is 29.3 Å². The topological polar surface area (TPSA) is 91.7 Å². The molecule has 5 heteroatoms. The largest absolute Gasteiger partial charge is 0.481 e. The lowest BCUT2D eigenvalue weighted by Crippen LogP contribution is -2.49. The monoisotopic (exact) mass is 254 g/mol. The highest BCUT2D eigenvalue weighted by molar-refractivity contribution is 6.01. The van der Waals surface area contributed by atoms with Crippen LogP contribution in [0, 0.1) is 17.3 Å². The van der Waals surface area contributed by atoms with Crippen LogP contribution < -0.4 is 0 Å². The molecule has 18 heavy (non-hydrogen) atoms. The molecule has 0 bridgehead atoms. The van der Waals surface area contributed by atoms with Gasteiger partial charge in [0.15, 0.2) is 0 Å². The Morgan fingerprint density at radius 2 is 2.06 bits per heavy atom. The minimum absolute atomic E-state index is 0.0710. The Bertz CT molecular complexity index is 402. The summed E-state index contributed by atoms with van der Waals surface area (Å²) >= 11 is 0. The highest BCUT2D eigenvalue weighted by Gasteiger charge is 2.62. The molecule has 0 aromatic carbocycles. The van der Waals surface area contributed by atoms with Gasteiger partial charge in [0, 0.05) is 18.8 Å². The van der Waals surface area contributed by atoms with Gasteiger partial charge in [-0.15, -0.1) is 0 Å². The number of carbonyl (C=O) groups excluding carboxylic acids is 2. The molecule has 2 aliphatic rings. The van der Waals surface area contributed by atoms with Gasteiger partial charge >= 0.3 is 5.97 Å². The van der Waals surface area contributed by atoms with Gasteiger partial charge in [0.25, 0.3) is 0 Å². The Morgan fingerprint density at radius 1 is 1.39 bits per heavy atom. The Labute approximate surface area is 105 Å². The van der Waals surface area contributed by atoms with Gasteiger partial charge < -0.3 is 10.2 Å². The van der Waals surface area contributed by atoms with Gasteiger partial charge in [-0.1, -0.05) is 6.92 Å². The predicted octanol–water partition coefficient (Wildman–Crippen LogP) is 0.787. The molecule has 0 heterocycles. The molecule has 0 saturated heterocycles. The quantitative estimate of drug-likeness (QED) is 0.776. The molecule has 0 aliphatic heterocycles. The summed E-state index contributed by atoms with van der Waals surface area (Å²) in [7, 11) is 0. The van der Waals surface area contributed by atoms with E-state index in [0.29, 0.717) is 12.8 Å². The Kier molecular flexibility index (Phi) is 3.27. The van der Waals surface area contributed by atoms with Gasteiger partial charge in [0.05, 0.1) is 17.4 Å². The Hall–Kier alpha value is -1.23. The lowest BCUT2D eigenvalue weighted by molar-refractivity contribution is -0.156. The van der Waals surface area contributed by atoms with Crippen LogP contribution in [-0.2, 0) is 14.4 Å². The van der Waals surface area contributed by atoms with E-state index in [4.69, 9.17) is 0 Å². The van der Waals surface area contributed by atoms with Crippen molar-refractivity contribution in [2.75, 3.05) is 0 Å². The number of carboxylic acids is 1. The van der Waals surface area contributed by atoms with Crippen molar-refractivity contribution in [1.29, 1.82) is 0 Å². The standard InChI is InChI=1S/C13H18O5/c1-2-11(16)13-6-7(14)3-4-8(13)10(15)5-9(13)12(17)18/h7-9,14H,2-6H2,1H3,(H,17,18). The second-order valence-corrected chi connectivity index (χ2v) is 5.37. The first kappa shape index (κ1) is 13.2. The molecule has 4 atom stereocenters. The van der Waals surface area contributed by atoms with Crippen molar-refractivity contribution in [2.24, 2.45) is 17.3 Å². The number of ketones is 2. The zero-order valence-electron chi connectivity index (χ0n) is 10.4. The number of carbonyl (C=O) groups is 3. The van der Waals surface area contributed by atoms with Crippen LogP contribution in [0.5, 0.6) is 0 Å². The normalized spacial score (nSPS) is 39.4. The maximum atomic E-state index is 12.2. The second kappa shape index (κ2) is 4.46. The smallest absolute Gasteiger partial charge is 0.307 e. The van der Waals surface area contributed by atoms with Gasteiger partial charge in [0.2, 0.25) is 0 Å². The van der Waals surface area contributed by atoms with Crippen molar-refractivity contribution in [3.63, 3.8) is 0 Å². The van der Waals surface area contributed by atoms with Crippen molar-refractivity contribution < 1.29 is 24.6 Å². The number of aliphatic hydroxyl groups is 1. The van der Waals surface area contributed by atoms with E-state index in [1.165, 1.54) is 0 Å². The fourth-order valence-corrected chi connectivity index (χ4v) is 3.75. The highest BCUT2D eigenvalue weighted by Crippen LogP contribution is 2.55. The summed E-state index contributed by atoms with van der Waals surface area (Å²) in [6.45, 7) is 1.68. The van der Waals surface area contributed by atoms with Gasteiger partial charge in [-0.3, -0.25) is 14.4 Å². The van der Waals surface area contributed by atoms with Crippen molar-refractivity contribution >= 4 is 17.5 Å². The third-order valence-corrected chi connectivity index (χ3v) is 4.54. The summed E-state index contributed by atoms with van der Waals surface area (Å²) in [5.74, 6) is -2.88. The maximum absolute atomic E-state index is 12.2. The van der Waals surface area contributed by atoms with E-state index in [1.54, 1.807) is 6.92 Å². The lowest BCUT2D eigenvalue weighted by atomic mass is 9.60. The second-order valence-electron chi connectivity index (χ2n) is 5.37. The molecule has 0 radical (unpaired) electrons. The minimum Gasteiger partial charge on any atom is -0.481 e. The van der Waals surface area contributed by atoms with Crippen molar-refractivity contribution in [3.8, 4) is 0 Å². The molecule has 0 aromatic heterocycles. The number of fused-ring (bicyclic) bond motifs is 1. The number of hydrogen-bond donors (Lipinski definition) is 2. The molecule has 0 spiro atoms. The summed E-state index contributed by atoms with van der Waals surface area (Å²) in [5, 5.41) is 19.1. The van der Waals surface area contributed by atoms with Crippen LogP contribution in [0.4, 0.5) is 0 Å². The third kappa shape index (κ3) is 1.68. The summed E-state index contributed by atoms with van der Waals surface area (Å²) in [5.41, 5.74) is -1.16. The third-order valence-electron chi connectivity index (χ3n) is 4.54. The summed E-state index contributed by atoms with van der Waals surface area (Å²) in [6, 6.07) is 0. The first-order chi connectivity index (χ1) is 8.43. The number of aliphatic carboxylic acids is 1. The summed E-state index contributed by atoms with van der Waals surface area (Å²) in [6.07, 6.45) is 0.479. The van der Waals surface area contributed by atoms with Crippen LogP contribution in [0.25, 0.3) is 0 Å². The van der Waals surface area contributed by atoms with Gasteiger partial charge in [-0.05, 0) is 19.3 Å². The van der Waals surface area contributed by atoms with E-state index in [0.717, 1.165) is 0 Å². The molecule has 2 aliphatic carbocycles. The fourth-order valence-electron chi connectivity index (χ4n) is 3.75. The number of carboxylic acid groups (broad SMARTS) is 1. The molecule has 100 valence electrons. The first-order valence-electron chi connectivity index (χ1n) is 6.40. The molecule has 2 rings (SSSR count). The SMILES string of the molecule is CCC(=O)C12CC(O)CCC1C(=O)CC2C(=O)O. The molecule has 0 aromatic rings. The van der Waals surface area contributed by atoms with Gasteiger partial charge in [-0.2, -0.15) is 0 Å². The number of hydrogen-bond acceptors (Lipinski definition) is 4. The Balaban J connectivity index is 2.48. The first-order valence-corrected chi connectivity index (χ1v) is 6.40. The van der Waals surface area contributed by atoms with Crippen LogP contribution in [0.15, 0.2) is 0 Å². The van der Waals surface area contributed by atoms with E-state index in [1.807, 2.05) is 0 Å². The van der Waals surface area contributed by atoms with Crippen LogP contribution in [0.3, 0.4) is 0 Å². The van der Waals surface area contributed by atoms with Crippen molar-refractivity contribution in [3.05, 3.63) is 0 Å². The zero-order valence-corrected chi connectivity index (χ0v) is 10.4. The van der Waals surface area contributed by atoms with Crippen molar-refractivity contribution in [1.82, 2.24) is 0 Å². The Morgan fingerprint density at radius 3 is 2.61 bits per heavy atom. The molecule has 5 nitrogen and oxygen atoms in total. The molecule has 4 unspecified atom stereocenters. The summed E-state index contributed by atoms with van der Waals surface area (Å²) < 4.78 is 0. The van der Waals surface area contributed by atoms with E-state index in [9.17, 15) is 24.6 Å². The van der Waals surface area contributed by atoms with E-state index >= 15 is 0 Å². The maximum Gasteiger partial charge on any atom is 0.307 e. The summed E-state index contributed by atoms with van der Waals surface area (Å²) in [4.78, 5) is 35.6. The average Bonchev–Trinajstić information content (AvgIpc) is 2.62. The predicted molar refractivity (Wildman–Crippen MR) is 61.8 cm³/mol. The molecular weight excluding hydrogens is 236 g/mol.